The molecule has 0 aliphatic heterocycles. The Bertz CT molecular complexity index is 851. The minimum atomic E-state index is -0.724. The molecule has 2 aromatic carbocycles. The lowest BCUT2D eigenvalue weighted by molar-refractivity contribution is -0.146. The number of ether oxygens (including phenoxy) is 3. The number of rotatable bonds is 11. The lowest BCUT2D eigenvalue weighted by Gasteiger charge is -2.10. The summed E-state index contributed by atoms with van der Waals surface area (Å²) in [4.78, 5) is 35.8. The van der Waals surface area contributed by atoms with Crippen LogP contribution < -0.4 is 20.1 Å². The molecule has 0 bridgehead atoms. The van der Waals surface area contributed by atoms with E-state index in [4.69, 9.17) is 14.2 Å². The number of para-hydroxylation sites is 2. The molecule has 0 aliphatic rings. The molecule has 2 rings (SSSR count). The van der Waals surface area contributed by atoms with Gasteiger partial charge in [-0.1, -0.05) is 25.5 Å². The van der Waals surface area contributed by atoms with E-state index in [0.29, 0.717) is 29.4 Å². The molecule has 2 amide bonds. The highest BCUT2D eigenvalue weighted by Crippen LogP contribution is 2.22. The van der Waals surface area contributed by atoms with Gasteiger partial charge >= 0.3 is 5.97 Å². The molecule has 8 nitrogen and oxygen atoms in total. The van der Waals surface area contributed by atoms with Crippen LogP contribution in [0, 0.1) is 0 Å². The van der Waals surface area contributed by atoms with Crippen molar-refractivity contribution in [2.24, 2.45) is 0 Å². The molecule has 2 aromatic rings. The Kier molecular flexibility index (Phi) is 9.18. The standard InChI is InChI=1S/C22H26N2O6/c1-3-4-13-29-17-11-9-16(10-12-17)22(27)23-14-21(26)30-15-20(25)24-18-7-5-6-8-19(18)28-2/h5-12H,3-4,13-15H2,1-2H3,(H,23,27)(H,24,25). The van der Waals surface area contributed by atoms with E-state index in [2.05, 4.69) is 17.6 Å². The monoisotopic (exact) mass is 414 g/mol. The quantitative estimate of drug-likeness (QED) is 0.433. The normalized spacial score (nSPS) is 10.1. The number of carbonyl (C=O) groups is 3. The number of benzene rings is 2. The number of methoxy groups -OCH3 is 1. The Balaban J connectivity index is 1.72. The second-order valence-corrected chi connectivity index (χ2v) is 6.32. The average Bonchev–Trinajstić information content (AvgIpc) is 2.77. The molecule has 2 N–H and O–H groups in total. The van der Waals surface area contributed by atoms with Crippen molar-refractivity contribution in [3.8, 4) is 11.5 Å². The fraction of sp³-hybridized carbons (Fsp3) is 0.318. The molecule has 0 saturated heterocycles. The van der Waals surface area contributed by atoms with E-state index < -0.39 is 24.4 Å². The highest BCUT2D eigenvalue weighted by molar-refractivity contribution is 5.97. The Morgan fingerprint density at radius 2 is 1.73 bits per heavy atom. The van der Waals surface area contributed by atoms with E-state index in [1.807, 2.05) is 0 Å². The van der Waals surface area contributed by atoms with Crippen LogP contribution in [0.1, 0.15) is 30.1 Å². The zero-order chi connectivity index (χ0) is 21.8. The fourth-order valence-electron chi connectivity index (χ4n) is 2.42. The number of hydrogen-bond donors (Lipinski definition) is 2. The molecule has 0 fully saturated rings. The van der Waals surface area contributed by atoms with Gasteiger partial charge in [-0.3, -0.25) is 14.4 Å². The first-order valence-corrected chi connectivity index (χ1v) is 9.63. The van der Waals surface area contributed by atoms with Gasteiger partial charge in [0.1, 0.15) is 18.0 Å². The predicted molar refractivity (Wildman–Crippen MR) is 112 cm³/mol. The SMILES string of the molecule is CCCCOc1ccc(C(=O)NCC(=O)OCC(=O)Nc2ccccc2OC)cc1. The van der Waals surface area contributed by atoms with Crippen LogP contribution in [-0.2, 0) is 14.3 Å². The molecule has 0 saturated carbocycles. The van der Waals surface area contributed by atoms with Crippen molar-refractivity contribution in [1.29, 1.82) is 0 Å². The number of amides is 2. The van der Waals surface area contributed by atoms with Crippen molar-refractivity contribution in [3.05, 3.63) is 54.1 Å². The third-order valence-electron chi connectivity index (χ3n) is 4.02. The molecule has 160 valence electrons. The van der Waals surface area contributed by atoms with Gasteiger partial charge in [0.05, 0.1) is 19.4 Å². The fourth-order valence-corrected chi connectivity index (χ4v) is 2.42. The van der Waals surface area contributed by atoms with E-state index >= 15 is 0 Å². The smallest absolute Gasteiger partial charge is 0.325 e. The number of unbranched alkanes of at least 4 members (excludes halogenated alkanes) is 1. The van der Waals surface area contributed by atoms with E-state index in [1.165, 1.54) is 7.11 Å². The van der Waals surface area contributed by atoms with Crippen molar-refractivity contribution >= 4 is 23.5 Å². The summed E-state index contributed by atoms with van der Waals surface area (Å²) >= 11 is 0. The molecule has 0 atom stereocenters. The number of anilines is 1. The van der Waals surface area contributed by atoms with Crippen LogP contribution in [0.3, 0.4) is 0 Å². The topological polar surface area (TPSA) is 103 Å². The molecular weight excluding hydrogens is 388 g/mol. The predicted octanol–water partition coefficient (Wildman–Crippen LogP) is 2.79. The minimum absolute atomic E-state index is 0.352. The van der Waals surface area contributed by atoms with Gasteiger partial charge < -0.3 is 24.8 Å². The average molecular weight is 414 g/mol. The highest BCUT2D eigenvalue weighted by Gasteiger charge is 2.12. The molecule has 8 heteroatoms. The summed E-state index contributed by atoms with van der Waals surface area (Å²) in [5.74, 6) is -0.492. The van der Waals surface area contributed by atoms with Gasteiger partial charge in [0.15, 0.2) is 6.61 Å². The summed E-state index contributed by atoms with van der Waals surface area (Å²) in [6, 6.07) is 13.5. The van der Waals surface area contributed by atoms with Gasteiger partial charge in [-0.2, -0.15) is 0 Å². The number of nitrogens with one attached hydrogen (secondary N) is 2. The lowest BCUT2D eigenvalue weighted by Crippen LogP contribution is -2.32. The first kappa shape index (κ1) is 22.7. The van der Waals surface area contributed by atoms with Crippen molar-refractivity contribution in [1.82, 2.24) is 5.32 Å². The second kappa shape index (κ2) is 12.1. The van der Waals surface area contributed by atoms with Crippen molar-refractivity contribution < 1.29 is 28.6 Å². The summed E-state index contributed by atoms with van der Waals surface area (Å²) in [6.45, 7) is 1.87. The van der Waals surface area contributed by atoms with E-state index in [0.717, 1.165) is 12.8 Å². The number of hydrogen-bond acceptors (Lipinski definition) is 6. The number of carbonyl (C=O) groups excluding carboxylic acids is 3. The van der Waals surface area contributed by atoms with Crippen LogP contribution in [0.25, 0.3) is 0 Å². The maximum atomic E-state index is 12.1. The molecule has 30 heavy (non-hydrogen) atoms. The van der Waals surface area contributed by atoms with Gasteiger partial charge in [0, 0.05) is 5.56 Å². The first-order chi connectivity index (χ1) is 14.5. The van der Waals surface area contributed by atoms with Crippen molar-refractivity contribution in [2.75, 3.05) is 32.2 Å². The zero-order valence-electron chi connectivity index (χ0n) is 17.1. The first-order valence-electron chi connectivity index (χ1n) is 9.63. The van der Waals surface area contributed by atoms with E-state index in [9.17, 15) is 14.4 Å². The van der Waals surface area contributed by atoms with Crippen LogP contribution >= 0.6 is 0 Å². The van der Waals surface area contributed by atoms with Crippen molar-refractivity contribution in [3.63, 3.8) is 0 Å². The third-order valence-corrected chi connectivity index (χ3v) is 4.02. The van der Waals surface area contributed by atoms with E-state index in [1.54, 1.807) is 48.5 Å². The highest BCUT2D eigenvalue weighted by atomic mass is 16.5. The zero-order valence-corrected chi connectivity index (χ0v) is 17.1. The summed E-state index contributed by atoms with van der Waals surface area (Å²) < 4.78 is 15.6. The summed E-state index contributed by atoms with van der Waals surface area (Å²) in [6.07, 6.45) is 2.00. The van der Waals surface area contributed by atoms with Gasteiger partial charge in [-0.15, -0.1) is 0 Å². The van der Waals surface area contributed by atoms with Crippen LogP contribution in [0.2, 0.25) is 0 Å². The van der Waals surface area contributed by atoms with Crippen LogP contribution in [0.15, 0.2) is 48.5 Å². The maximum Gasteiger partial charge on any atom is 0.325 e. The molecular formula is C22H26N2O6. The van der Waals surface area contributed by atoms with Crippen LogP contribution in [0.4, 0.5) is 5.69 Å². The number of esters is 1. The van der Waals surface area contributed by atoms with Gasteiger partial charge in [-0.25, -0.2) is 0 Å². The Morgan fingerprint density at radius 1 is 1.00 bits per heavy atom. The molecule has 0 aliphatic carbocycles. The Hall–Kier alpha value is -3.55. The van der Waals surface area contributed by atoms with Gasteiger partial charge in [0.25, 0.3) is 11.8 Å². The van der Waals surface area contributed by atoms with Gasteiger partial charge in [-0.05, 0) is 42.8 Å². The molecule has 0 heterocycles. The van der Waals surface area contributed by atoms with E-state index in [-0.39, 0.29) is 6.54 Å². The Morgan fingerprint density at radius 3 is 2.43 bits per heavy atom. The summed E-state index contributed by atoms with van der Waals surface area (Å²) in [5, 5.41) is 5.05. The largest absolute Gasteiger partial charge is 0.495 e. The van der Waals surface area contributed by atoms with Gasteiger partial charge in [0.2, 0.25) is 0 Å². The summed E-state index contributed by atoms with van der Waals surface area (Å²) in [7, 11) is 1.49. The lowest BCUT2D eigenvalue weighted by atomic mass is 10.2. The molecule has 0 radical (unpaired) electrons. The summed E-state index contributed by atoms with van der Waals surface area (Å²) in [5.41, 5.74) is 0.857. The Labute approximate surface area is 175 Å². The van der Waals surface area contributed by atoms with Crippen molar-refractivity contribution in [2.45, 2.75) is 19.8 Å². The second-order valence-electron chi connectivity index (χ2n) is 6.32. The molecule has 0 aromatic heterocycles. The van der Waals surface area contributed by atoms with Crippen LogP contribution in [-0.4, -0.2) is 44.7 Å². The molecule has 0 unspecified atom stereocenters. The molecule has 0 spiro atoms. The third kappa shape index (κ3) is 7.46. The minimum Gasteiger partial charge on any atom is -0.495 e. The van der Waals surface area contributed by atoms with Crippen LogP contribution in [0.5, 0.6) is 11.5 Å². The maximum absolute atomic E-state index is 12.1.